The molecule has 3 rings (SSSR count). The average molecular weight is 441 g/mol. The molecule has 0 atom stereocenters. The Bertz CT molecular complexity index is 946. The van der Waals surface area contributed by atoms with Crippen LogP contribution >= 0.6 is 0 Å². The summed E-state index contributed by atoms with van der Waals surface area (Å²) in [5.74, 6) is 0.856. The first-order chi connectivity index (χ1) is 15.5. The van der Waals surface area contributed by atoms with Crippen molar-refractivity contribution in [3.05, 3.63) is 36.7 Å². The number of amides is 4. The van der Waals surface area contributed by atoms with Gasteiger partial charge in [-0.15, -0.1) is 0 Å². The highest BCUT2D eigenvalue weighted by atomic mass is 16.5. The van der Waals surface area contributed by atoms with Gasteiger partial charge < -0.3 is 30.5 Å². The Morgan fingerprint density at radius 2 is 1.78 bits per heavy atom. The van der Waals surface area contributed by atoms with Crippen LogP contribution in [0.3, 0.4) is 0 Å². The van der Waals surface area contributed by atoms with Crippen LogP contribution in [0.4, 0.5) is 22.1 Å². The first kappa shape index (κ1) is 22.8. The number of methoxy groups -OCH3 is 1. The van der Waals surface area contributed by atoms with E-state index in [9.17, 15) is 14.4 Å². The second kappa shape index (κ2) is 10.9. The van der Waals surface area contributed by atoms with Crippen LogP contribution < -0.4 is 25.6 Å². The fourth-order valence-electron chi connectivity index (χ4n) is 3.29. The number of aromatic nitrogens is 2. The lowest BCUT2D eigenvalue weighted by atomic mass is 10.2. The number of ether oxygens (including phenoxy) is 1. The summed E-state index contributed by atoms with van der Waals surface area (Å²) in [7, 11) is 1.48. The Morgan fingerprint density at radius 3 is 2.44 bits per heavy atom. The van der Waals surface area contributed by atoms with Crippen molar-refractivity contribution in [2.75, 3.05) is 55.4 Å². The number of carbonyl (C=O) groups excluding carboxylic acids is 3. The SMILES string of the molecule is COc1cc(NC(=O)NCCC(=O)N2CCN(c3ncccn3)CC2)ccc1NC(C)=O. The van der Waals surface area contributed by atoms with E-state index >= 15 is 0 Å². The summed E-state index contributed by atoms with van der Waals surface area (Å²) in [6, 6.07) is 6.22. The van der Waals surface area contributed by atoms with E-state index < -0.39 is 6.03 Å². The molecule has 0 aliphatic carbocycles. The molecule has 170 valence electrons. The van der Waals surface area contributed by atoms with Gasteiger partial charge in [0.05, 0.1) is 12.8 Å². The lowest BCUT2D eigenvalue weighted by Gasteiger charge is -2.34. The van der Waals surface area contributed by atoms with Crippen LogP contribution in [0.5, 0.6) is 5.75 Å². The Hall–Kier alpha value is -3.89. The van der Waals surface area contributed by atoms with Crippen LogP contribution in [0.15, 0.2) is 36.7 Å². The largest absolute Gasteiger partial charge is 0.494 e. The predicted molar refractivity (Wildman–Crippen MR) is 120 cm³/mol. The third-order valence-corrected chi connectivity index (χ3v) is 4.86. The van der Waals surface area contributed by atoms with Gasteiger partial charge in [-0.2, -0.15) is 0 Å². The maximum absolute atomic E-state index is 12.4. The zero-order valence-electron chi connectivity index (χ0n) is 18.1. The van der Waals surface area contributed by atoms with E-state index in [-0.39, 0.29) is 24.8 Å². The summed E-state index contributed by atoms with van der Waals surface area (Å²) in [5.41, 5.74) is 1.01. The number of piperazine rings is 1. The van der Waals surface area contributed by atoms with Gasteiger partial charge in [0.1, 0.15) is 5.75 Å². The van der Waals surface area contributed by atoms with E-state index in [0.29, 0.717) is 49.3 Å². The number of anilines is 3. The molecule has 1 aliphatic rings. The van der Waals surface area contributed by atoms with Gasteiger partial charge in [-0.3, -0.25) is 9.59 Å². The van der Waals surface area contributed by atoms with Crippen LogP contribution in [0.1, 0.15) is 13.3 Å². The minimum absolute atomic E-state index is 0.0136. The summed E-state index contributed by atoms with van der Waals surface area (Å²) in [6.07, 6.45) is 3.61. The van der Waals surface area contributed by atoms with E-state index in [4.69, 9.17) is 4.74 Å². The average Bonchev–Trinajstić information content (AvgIpc) is 2.80. The lowest BCUT2D eigenvalue weighted by molar-refractivity contribution is -0.131. The molecule has 11 nitrogen and oxygen atoms in total. The molecule has 1 fully saturated rings. The molecule has 0 bridgehead atoms. The summed E-state index contributed by atoms with van der Waals surface area (Å²) >= 11 is 0. The molecule has 0 saturated carbocycles. The number of hydrogen-bond acceptors (Lipinski definition) is 7. The summed E-state index contributed by atoms with van der Waals surface area (Å²) < 4.78 is 5.24. The minimum Gasteiger partial charge on any atom is -0.494 e. The van der Waals surface area contributed by atoms with E-state index in [1.807, 2.05) is 4.90 Å². The monoisotopic (exact) mass is 441 g/mol. The molecule has 0 radical (unpaired) electrons. The Morgan fingerprint density at radius 1 is 1.06 bits per heavy atom. The number of nitrogens with one attached hydrogen (secondary N) is 3. The summed E-state index contributed by atoms with van der Waals surface area (Å²) in [6.45, 7) is 4.12. The normalized spacial score (nSPS) is 13.3. The van der Waals surface area contributed by atoms with Crippen molar-refractivity contribution in [3.63, 3.8) is 0 Å². The maximum Gasteiger partial charge on any atom is 0.319 e. The zero-order valence-corrected chi connectivity index (χ0v) is 18.1. The van der Waals surface area contributed by atoms with Gasteiger partial charge >= 0.3 is 6.03 Å². The Kier molecular flexibility index (Phi) is 7.79. The second-order valence-electron chi connectivity index (χ2n) is 7.14. The van der Waals surface area contributed by atoms with Crippen LogP contribution in [0.25, 0.3) is 0 Å². The number of benzene rings is 1. The van der Waals surface area contributed by atoms with Crippen molar-refractivity contribution in [1.29, 1.82) is 0 Å². The molecular weight excluding hydrogens is 414 g/mol. The number of rotatable bonds is 7. The highest BCUT2D eigenvalue weighted by molar-refractivity contribution is 5.93. The fourth-order valence-corrected chi connectivity index (χ4v) is 3.29. The van der Waals surface area contributed by atoms with Crippen LogP contribution in [-0.4, -0.2) is 72.5 Å². The maximum atomic E-state index is 12.4. The molecule has 32 heavy (non-hydrogen) atoms. The van der Waals surface area contributed by atoms with Crippen molar-refractivity contribution in [2.45, 2.75) is 13.3 Å². The molecule has 1 saturated heterocycles. The van der Waals surface area contributed by atoms with E-state index in [2.05, 4.69) is 25.9 Å². The number of hydrogen-bond donors (Lipinski definition) is 3. The van der Waals surface area contributed by atoms with Gasteiger partial charge in [0.15, 0.2) is 0 Å². The van der Waals surface area contributed by atoms with Gasteiger partial charge in [-0.25, -0.2) is 14.8 Å². The lowest BCUT2D eigenvalue weighted by Crippen LogP contribution is -2.49. The first-order valence-electron chi connectivity index (χ1n) is 10.3. The van der Waals surface area contributed by atoms with Gasteiger partial charge in [0.2, 0.25) is 17.8 Å². The predicted octanol–water partition coefficient (Wildman–Crippen LogP) is 1.30. The molecule has 1 aromatic carbocycles. The molecule has 2 heterocycles. The van der Waals surface area contributed by atoms with Gasteiger partial charge in [0.25, 0.3) is 0 Å². The topological polar surface area (TPSA) is 129 Å². The smallest absolute Gasteiger partial charge is 0.319 e. The van der Waals surface area contributed by atoms with E-state index in [0.717, 1.165) is 0 Å². The third kappa shape index (κ3) is 6.30. The number of nitrogens with zero attached hydrogens (tertiary/aromatic N) is 4. The quantitative estimate of drug-likeness (QED) is 0.591. The summed E-state index contributed by atoms with van der Waals surface area (Å²) in [5, 5.41) is 8.02. The van der Waals surface area contributed by atoms with Crippen LogP contribution in [-0.2, 0) is 9.59 Å². The Balaban J connectivity index is 1.40. The molecule has 2 aromatic rings. The molecular formula is C21H27N7O4. The standard InChI is InChI=1S/C21H27N7O4/c1-15(29)25-17-5-4-16(14-18(17)32-2)26-21(31)24-9-6-19(30)27-10-12-28(13-11-27)20-22-7-3-8-23-20/h3-5,7-8,14H,6,9-13H2,1-2H3,(H,25,29)(H2,24,26,31). The van der Waals surface area contributed by atoms with Crippen LogP contribution in [0.2, 0.25) is 0 Å². The number of urea groups is 1. The molecule has 4 amide bonds. The third-order valence-electron chi connectivity index (χ3n) is 4.86. The second-order valence-corrected chi connectivity index (χ2v) is 7.14. The fraction of sp³-hybridized carbons (Fsp3) is 0.381. The molecule has 11 heteroatoms. The number of carbonyl (C=O) groups is 3. The highest BCUT2D eigenvalue weighted by Crippen LogP contribution is 2.27. The summed E-state index contributed by atoms with van der Waals surface area (Å²) in [4.78, 5) is 48.1. The molecule has 1 aliphatic heterocycles. The van der Waals surface area contributed by atoms with Gasteiger partial charge in [-0.1, -0.05) is 0 Å². The van der Waals surface area contributed by atoms with Crippen molar-refractivity contribution in [3.8, 4) is 5.75 Å². The first-order valence-corrected chi connectivity index (χ1v) is 10.3. The van der Waals surface area contributed by atoms with Crippen molar-refractivity contribution < 1.29 is 19.1 Å². The van der Waals surface area contributed by atoms with E-state index in [1.165, 1.54) is 14.0 Å². The van der Waals surface area contributed by atoms with Crippen molar-refractivity contribution in [1.82, 2.24) is 20.2 Å². The molecule has 0 spiro atoms. The molecule has 0 unspecified atom stereocenters. The van der Waals surface area contributed by atoms with Gasteiger partial charge in [-0.05, 0) is 18.2 Å². The van der Waals surface area contributed by atoms with Crippen molar-refractivity contribution in [2.24, 2.45) is 0 Å². The van der Waals surface area contributed by atoms with E-state index in [1.54, 1.807) is 41.6 Å². The highest BCUT2D eigenvalue weighted by Gasteiger charge is 2.22. The Labute approximate surface area is 186 Å². The molecule has 1 aromatic heterocycles. The molecule has 3 N–H and O–H groups in total. The minimum atomic E-state index is -0.432. The van der Waals surface area contributed by atoms with Crippen molar-refractivity contribution >= 4 is 35.2 Å². The van der Waals surface area contributed by atoms with Crippen LogP contribution in [0, 0.1) is 0 Å². The van der Waals surface area contributed by atoms with Gasteiger partial charge in [0, 0.05) is 70.2 Å². The zero-order chi connectivity index (χ0) is 22.9.